The number of hydrogen-bond acceptors (Lipinski definition) is 9. The van der Waals surface area contributed by atoms with Gasteiger partial charge in [0, 0.05) is 13.1 Å². The Hall–Kier alpha value is -2.72. The quantitative estimate of drug-likeness (QED) is 0.339. The number of fused-ring (bicyclic) bond motifs is 1. The Morgan fingerprint density at radius 1 is 1.32 bits per heavy atom. The minimum Gasteiger partial charge on any atom is -0.465 e. The third-order valence-electron chi connectivity index (χ3n) is 5.02. The zero-order valence-electron chi connectivity index (χ0n) is 17.3. The Balaban J connectivity index is 1.46. The van der Waals surface area contributed by atoms with Crippen LogP contribution in [0.15, 0.2) is 35.6 Å². The van der Waals surface area contributed by atoms with Crippen LogP contribution in [0, 0.1) is 5.92 Å². The number of nitrogens with zero attached hydrogens (tertiary/aromatic N) is 4. The van der Waals surface area contributed by atoms with Crippen molar-refractivity contribution < 1.29 is 14.3 Å². The van der Waals surface area contributed by atoms with E-state index in [-0.39, 0.29) is 11.7 Å². The fourth-order valence-electron chi connectivity index (χ4n) is 3.52. The zero-order valence-corrected chi connectivity index (χ0v) is 19.0. The number of carbonyl (C=O) groups excluding carboxylic acids is 2. The van der Waals surface area contributed by atoms with Gasteiger partial charge in [0.1, 0.15) is 16.1 Å². The molecule has 3 aromatic rings. The number of ether oxygens (including phenoxy) is 1. The van der Waals surface area contributed by atoms with Gasteiger partial charge in [0.05, 0.1) is 24.1 Å². The number of methoxy groups -OCH3 is 1. The molecule has 162 valence electrons. The Bertz CT molecular complexity index is 1100. The van der Waals surface area contributed by atoms with Gasteiger partial charge >= 0.3 is 5.97 Å². The summed E-state index contributed by atoms with van der Waals surface area (Å²) >= 11 is 2.90. The van der Waals surface area contributed by atoms with E-state index in [2.05, 4.69) is 27.1 Å². The number of esters is 1. The molecule has 8 nitrogen and oxygen atoms in total. The molecule has 1 amide bonds. The van der Waals surface area contributed by atoms with Gasteiger partial charge < -0.3 is 15.0 Å². The van der Waals surface area contributed by atoms with Crippen LogP contribution in [0.4, 0.5) is 10.8 Å². The van der Waals surface area contributed by atoms with Crippen molar-refractivity contribution in [2.45, 2.75) is 24.8 Å². The van der Waals surface area contributed by atoms with E-state index in [9.17, 15) is 9.59 Å². The molecule has 0 aliphatic carbocycles. The smallest absolute Gasteiger partial charge is 0.339 e. The van der Waals surface area contributed by atoms with Gasteiger partial charge in [0.15, 0.2) is 10.8 Å². The number of thioether (sulfide) groups is 1. The van der Waals surface area contributed by atoms with Crippen molar-refractivity contribution in [1.82, 2.24) is 15.0 Å². The molecule has 0 radical (unpaired) electrons. The van der Waals surface area contributed by atoms with Crippen LogP contribution in [0.2, 0.25) is 0 Å². The van der Waals surface area contributed by atoms with Crippen molar-refractivity contribution in [2.24, 2.45) is 5.92 Å². The van der Waals surface area contributed by atoms with Gasteiger partial charge in [-0.1, -0.05) is 42.2 Å². The molecule has 3 heterocycles. The van der Waals surface area contributed by atoms with E-state index in [0.29, 0.717) is 22.8 Å². The highest BCUT2D eigenvalue weighted by Gasteiger charge is 2.21. The van der Waals surface area contributed by atoms with Crippen LogP contribution in [-0.4, -0.2) is 52.8 Å². The molecule has 1 unspecified atom stereocenters. The Morgan fingerprint density at radius 2 is 2.16 bits per heavy atom. The molecular formula is C21H23N5O3S2. The number of para-hydroxylation sites is 1. The van der Waals surface area contributed by atoms with Crippen LogP contribution in [-0.2, 0) is 9.53 Å². The molecule has 1 N–H and O–H groups in total. The Labute approximate surface area is 188 Å². The molecule has 1 atom stereocenters. The molecular weight excluding hydrogens is 434 g/mol. The predicted molar refractivity (Wildman–Crippen MR) is 123 cm³/mol. The summed E-state index contributed by atoms with van der Waals surface area (Å²) in [5.41, 5.74) is 1.40. The zero-order chi connectivity index (χ0) is 21.8. The summed E-state index contributed by atoms with van der Waals surface area (Å²) in [6.45, 7) is 4.26. The Kier molecular flexibility index (Phi) is 6.67. The highest BCUT2D eigenvalue weighted by atomic mass is 32.2. The summed E-state index contributed by atoms with van der Waals surface area (Å²) in [4.78, 5) is 40.1. The molecule has 0 spiro atoms. The van der Waals surface area contributed by atoms with E-state index in [4.69, 9.17) is 9.72 Å². The molecule has 2 aromatic heterocycles. The van der Waals surface area contributed by atoms with Crippen LogP contribution in [0.5, 0.6) is 0 Å². The predicted octanol–water partition coefficient (Wildman–Crippen LogP) is 3.84. The van der Waals surface area contributed by atoms with E-state index in [1.165, 1.54) is 31.6 Å². The number of nitrogens with one attached hydrogen (secondary N) is 1. The summed E-state index contributed by atoms with van der Waals surface area (Å²) in [7, 11) is 1.31. The molecule has 10 heteroatoms. The maximum Gasteiger partial charge on any atom is 0.339 e. The number of anilines is 2. The average Bonchev–Trinajstić information content (AvgIpc) is 3.22. The van der Waals surface area contributed by atoms with E-state index < -0.39 is 5.97 Å². The lowest BCUT2D eigenvalue weighted by Gasteiger charge is -2.30. The van der Waals surface area contributed by atoms with Gasteiger partial charge in [-0.3, -0.25) is 4.79 Å². The first-order valence-corrected chi connectivity index (χ1v) is 11.8. The summed E-state index contributed by atoms with van der Waals surface area (Å²) < 4.78 is 5.67. The highest BCUT2D eigenvalue weighted by molar-refractivity contribution is 8.00. The average molecular weight is 458 g/mol. The molecule has 1 saturated heterocycles. The van der Waals surface area contributed by atoms with Gasteiger partial charge in [-0.15, -0.1) is 0 Å². The van der Waals surface area contributed by atoms with Gasteiger partial charge in [-0.05, 0) is 30.9 Å². The maximum atomic E-state index is 12.5. The molecule has 1 aromatic carbocycles. The van der Waals surface area contributed by atoms with E-state index in [1.807, 2.05) is 0 Å². The number of rotatable bonds is 6. The van der Waals surface area contributed by atoms with Crippen molar-refractivity contribution >= 4 is 56.1 Å². The number of carbonyl (C=O) groups is 2. The third kappa shape index (κ3) is 4.96. The number of benzene rings is 1. The second-order valence-electron chi connectivity index (χ2n) is 7.40. The van der Waals surface area contributed by atoms with Crippen LogP contribution in [0.3, 0.4) is 0 Å². The largest absolute Gasteiger partial charge is 0.465 e. The van der Waals surface area contributed by atoms with Crippen molar-refractivity contribution in [3.8, 4) is 0 Å². The fourth-order valence-corrected chi connectivity index (χ4v) is 5.45. The summed E-state index contributed by atoms with van der Waals surface area (Å²) in [6, 6.07) is 6.76. The number of piperidine rings is 1. The van der Waals surface area contributed by atoms with E-state index in [0.717, 1.165) is 34.4 Å². The molecule has 31 heavy (non-hydrogen) atoms. The maximum absolute atomic E-state index is 12.5. The summed E-state index contributed by atoms with van der Waals surface area (Å²) in [5.74, 6) is 0.0699. The standard InChI is InChI=1S/C21H23N5O3S2/c1-13-6-5-9-26(10-13)21-25-18-17(31-21)19(23-12-22-18)30-11-16(27)24-15-8-4-3-7-14(15)20(28)29-2/h3-4,7-8,12-13H,5-6,9-11H2,1-2H3,(H,24,27). The number of aromatic nitrogens is 3. The lowest BCUT2D eigenvalue weighted by atomic mass is 10.0. The summed E-state index contributed by atoms with van der Waals surface area (Å²) in [6.07, 6.45) is 3.89. The highest BCUT2D eigenvalue weighted by Crippen LogP contribution is 2.35. The second-order valence-corrected chi connectivity index (χ2v) is 9.34. The lowest BCUT2D eigenvalue weighted by Crippen LogP contribution is -2.34. The molecule has 1 aliphatic heterocycles. The van der Waals surface area contributed by atoms with Crippen LogP contribution in [0.1, 0.15) is 30.1 Å². The number of amides is 1. The van der Waals surface area contributed by atoms with Crippen LogP contribution < -0.4 is 10.2 Å². The normalized spacial score (nSPS) is 16.3. The topological polar surface area (TPSA) is 97.3 Å². The molecule has 1 fully saturated rings. The van der Waals surface area contributed by atoms with Gasteiger partial charge in [-0.2, -0.15) is 4.98 Å². The van der Waals surface area contributed by atoms with E-state index in [1.54, 1.807) is 35.6 Å². The second kappa shape index (κ2) is 9.61. The summed E-state index contributed by atoms with van der Waals surface area (Å²) in [5, 5.41) is 4.47. The first kappa shape index (κ1) is 21.5. The fraction of sp³-hybridized carbons (Fsp3) is 0.381. The first-order valence-electron chi connectivity index (χ1n) is 10.0. The van der Waals surface area contributed by atoms with Crippen molar-refractivity contribution in [2.75, 3.05) is 36.2 Å². The van der Waals surface area contributed by atoms with Gasteiger partial charge in [-0.25, -0.2) is 14.8 Å². The minimum atomic E-state index is -0.495. The first-order chi connectivity index (χ1) is 15.0. The van der Waals surface area contributed by atoms with Gasteiger partial charge in [0.25, 0.3) is 0 Å². The monoisotopic (exact) mass is 457 g/mol. The molecule has 0 bridgehead atoms. The molecule has 4 rings (SSSR count). The minimum absolute atomic E-state index is 0.148. The number of hydrogen-bond donors (Lipinski definition) is 1. The number of thiazole rings is 1. The van der Waals surface area contributed by atoms with Gasteiger partial charge in [0.2, 0.25) is 5.91 Å². The van der Waals surface area contributed by atoms with E-state index >= 15 is 0 Å². The molecule has 0 saturated carbocycles. The third-order valence-corrected chi connectivity index (χ3v) is 7.25. The lowest BCUT2D eigenvalue weighted by molar-refractivity contribution is -0.113. The molecule has 1 aliphatic rings. The van der Waals surface area contributed by atoms with Crippen molar-refractivity contribution in [1.29, 1.82) is 0 Å². The van der Waals surface area contributed by atoms with Crippen molar-refractivity contribution in [3.63, 3.8) is 0 Å². The SMILES string of the molecule is COC(=O)c1ccccc1NC(=O)CSc1ncnc2nc(N3CCCC(C)C3)sc12. The van der Waals surface area contributed by atoms with Crippen LogP contribution in [0.25, 0.3) is 10.3 Å². The Morgan fingerprint density at radius 3 is 2.97 bits per heavy atom. The van der Waals surface area contributed by atoms with Crippen molar-refractivity contribution in [3.05, 3.63) is 36.2 Å². The van der Waals surface area contributed by atoms with Crippen LogP contribution >= 0.6 is 23.1 Å².